The lowest BCUT2D eigenvalue weighted by molar-refractivity contribution is 0.147. The maximum atomic E-state index is 11.6. The molecule has 0 bridgehead atoms. The van der Waals surface area contributed by atoms with Crippen LogP contribution in [0.5, 0.6) is 0 Å². The summed E-state index contributed by atoms with van der Waals surface area (Å²) in [6, 6.07) is 0. The fourth-order valence-corrected chi connectivity index (χ4v) is 3.52. The molecule has 0 unspecified atom stereocenters. The van der Waals surface area contributed by atoms with Crippen LogP contribution in [0.4, 0.5) is 0 Å². The van der Waals surface area contributed by atoms with Crippen molar-refractivity contribution >= 4 is 15.6 Å². The van der Waals surface area contributed by atoms with Crippen LogP contribution in [0.15, 0.2) is 50.0 Å². The van der Waals surface area contributed by atoms with E-state index in [4.69, 9.17) is 27.1 Å². The van der Waals surface area contributed by atoms with Crippen LogP contribution in [0.3, 0.4) is 0 Å². The number of phosphoric ester groups is 2. The summed E-state index contributed by atoms with van der Waals surface area (Å²) in [5.74, 6) is 0.343. The number of phosphoric acid groups is 2. The average molecular weight is 430 g/mol. The fourth-order valence-electron chi connectivity index (χ4n) is 1.17. The second kappa shape index (κ2) is 17.0. The van der Waals surface area contributed by atoms with Crippen molar-refractivity contribution < 1.29 is 41.7 Å². The van der Waals surface area contributed by atoms with Crippen molar-refractivity contribution in [1.29, 1.82) is 0 Å². The molecule has 160 valence electrons. The molecule has 0 aliphatic heterocycles. The molecule has 0 aliphatic carbocycles. The first-order chi connectivity index (χ1) is 12.2. The van der Waals surface area contributed by atoms with E-state index in [-0.39, 0.29) is 43.4 Å². The first kappa shape index (κ1) is 30.5. The standard InChI is InChI=1S/2C8H15O4P.H2O/c2*1-5-8(4)12-13(9,10-6-2)11-7-3;/h2*5H,1,4,6-7H2,2-3H3;1H2. The van der Waals surface area contributed by atoms with E-state index < -0.39 is 15.6 Å². The van der Waals surface area contributed by atoms with Gasteiger partial charge in [-0.15, -0.1) is 0 Å². The summed E-state index contributed by atoms with van der Waals surface area (Å²) in [5.41, 5.74) is 0. The Hall–Kier alpha value is -1.18. The molecule has 9 nitrogen and oxygen atoms in total. The van der Waals surface area contributed by atoms with Crippen LogP contribution in [-0.4, -0.2) is 31.9 Å². The van der Waals surface area contributed by atoms with Gasteiger partial charge >= 0.3 is 15.6 Å². The van der Waals surface area contributed by atoms with Gasteiger partial charge in [0.1, 0.15) is 11.5 Å². The van der Waals surface area contributed by atoms with Crippen molar-refractivity contribution in [3.8, 4) is 0 Å². The van der Waals surface area contributed by atoms with Crippen molar-refractivity contribution in [2.45, 2.75) is 27.7 Å². The zero-order valence-electron chi connectivity index (χ0n) is 16.5. The Morgan fingerprint density at radius 1 is 0.704 bits per heavy atom. The van der Waals surface area contributed by atoms with E-state index >= 15 is 0 Å². The van der Waals surface area contributed by atoms with Crippen LogP contribution in [0.1, 0.15) is 27.7 Å². The van der Waals surface area contributed by atoms with E-state index in [1.165, 1.54) is 12.2 Å². The van der Waals surface area contributed by atoms with Gasteiger partial charge < -0.3 is 14.5 Å². The molecular weight excluding hydrogens is 398 g/mol. The minimum Gasteiger partial charge on any atom is -0.412 e. The van der Waals surface area contributed by atoms with E-state index in [1.54, 1.807) is 27.7 Å². The van der Waals surface area contributed by atoms with Gasteiger partial charge in [-0.3, -0.25) is 18.1 Å². The molecule has 0 rings (SSSR count). The Morgan fingerprint density at radius 3 is 1.07 bits per heavy atom. The highest BCUT2D eigenvalue weighted by atomic mass is 31.2. The van der Waals surface area contributed by atoms with Crippen LogP contribution < -0.4 is 0 Å². The molecule has 2 N–H and O–H groups in total. The topological polar surface area (TPSA) is 121 Å². The first-order valence-electron chi connectivity index (χ1n) is 7.95. The SMILES string of the molecule is C=CC(=C)OP(=O)(OCC)OCC.C=CC(=C)OP(=O)(OCC)OCC.O. The van der Waals surface area contributed by atoms with Crippen molar-refractivity contribution in [1.82, 2.24) is 0 Å². The number of hydrogen-bond acceptors (Lipinski definition) is 8. The molecule has 0 saturated carbocycles. The molecule has 0 aromatic carbocycles. The van der Waals surface area contributed by atoms with Gasteiger partial charge in [0.05, 0.1) is 26.4 Å². The molecule has 0 heterocycles. The lowest BCUT2D eigenvalue weighted by Crippen LogP contribution is -1.98. The normalized spacial score (nSPS) is 10.5. The highest BCUT2D eigenvalue weighted by molar-refractivity contribution is 7.48. The minimum atomic E-state index is -3.46. The van der Waals surface area contributed by atoms with E-state index in [1.807, 2.05) is 0 Å². The van der Waals surface area contributed by atoms with Gasteiger partial charge in [-0.2, -0.15) is 0 Å². The van der Waals surface area contributed by atoms with E-state index in [0.29, 0.717) is 0 Å². The van der Waals surface area contributed by atoms with Gasteiger partial charge in [0.2, 0.25) is 0 Å². The Labute approximate surface area is 162 Å². The van der Waals surface area contributed by atoms with Crippen molar-refractivity contribution in [2.75, 3.05) is 26.4 Å². The summed E-state index contributed by atoms with van der Waals surface area (Å²) >= 11 is 0. The van der Waals surface area contributed by atoms with Crippen molar-refractivity contribution in [2.24, 2.45) is 0 Å². The number of hydrogen-bond donors (Lipinski definition) is 0. The van der Waals surface area contributed by atoms with Gasteiger partial charge in [-0.25, -0.2) is 9.13 Å². The zero-order chi connectivity index (χ0) is 20.6. The largest absolute Gasteiger partial charge is 0.530 e. The second-order valence-electron chi connectivity index (χ2n) is 4.09. The van der Waals surface area contributed by atoms with Gasteiger partial charge in [-0.1, -0.05) is 26.3 Å². The lowest BCUT2D eigenvalue weighted by atomic mass is 10.6. The lowest BCUT2D eigenvalue weighted by Gasteiger charge is -2.16. The summed E-state index contributed by atoms with van der Waals surface area (Å²) < 4.78 is 52.3. The van der Waals surface area contributed by atoms with Gasteiger partial charge in [0.25, 0.3) is 0 Å². The van der Waals surface area contributed by atoms with Crippen molar-refractivity contribution in [3.05, 3.63) is 50.0 Å². The van der Waals surface area contributed by atoms with Crippen LogP contribution in [0.25, 0.3) is 0 Å². The van der Waals surface area contributed by atoms with Crippen LogP contribution >= 0.6 is 15.6 Å². The third kappa shape index (κ3) is 15.6. The van der Waals surface area contributed by atoms with Gasteiger partial charge in [-0.05, 0) is 39.8 Å². The van der Waals surface area contributed by atoms with Gasteiger partial charge in [0.15, 0.2) is 0 Å². The van der Waals surface area contributed by atoms with E-state index in [0.717, 1.165) is 0 Å². The Balaban J connectivity index is -0.000000411. The Bertz CT molecular complexity index is 478. The molecule has 0 aliphatic rings. The van der Waals surface area contributed by atoms with E-state index in [9.17, 15) is 9.13 Å². The first-order valence-corrected chi connectivity index (χ1v) is 10.9. The number of allylic oxidation sites excluding steroid dienone is 2. The molecule has 0 aromatic rings. The monoisotopic (exact) mass is 430 g/mol. The molecule has 27 heavy (non-hydrogen) atoms. The fraction of sp³-hybridized carbons (Fsp3) is 0.500. The van der Waals surface area contributed by atoms with E-state index in [2.05, 4.69) is 26.3 Å². The quantitative estimate of drug-likeness (QED) is 0.216. The van der Waals surface area contributed by atoms with Crippen LogP contribution in [0, 0.1) is 0 Å². The summed E-state index contributed by atoms with van der Waals surface area (Å²) in [6.07, 6.45) is 2.68. The van der Waals surface area contributed by atoms with Crippen molar-refractivity contribution in [3.63, 3.8) is 0 Å². The van der Waals surface area contributed by atoms with Crippen LogP contribution in [-0.2, 0) is 36.3 Å². The number of rotatable bonds is 14. The summed E-state index contributed by atoms with van der Waals surface area (Å²) in [4.78, 5) is 0. The van der Waals surface area contributed by atoms with Crippen LogP contribution in [0.2, 0.25) is 0 Å². The third-order valence-electron chi connectivity index (χ3n) is 2.06. The highest BCUT2D eigenvalue weighted by Gasteiger charge is 2.27. The maximum absolute atomic E-state index is 11.6. The highest BCUT2D eigenvalue weighted by Crippen LogP contribution is 2.51. The molecule has 0 spiro atoms. The Morgan fingerprint density at radius 2 is 0.926 bits per heavy atom. The van der Waals surface area contributed by atoms with Gasteiger partial charge in [0, 0.05) is 0 Å². The predicted octanol–water partition coefficient (Wildman–Crippen LogP) is 4.94. The predicted molar refractivity (Wildman–Crippen MR) is 106 cm³/mol. The molecule has 0 fully saturated rings. The molecule has 0 amide bonds. The smallest absolute Gasteiger partial charge is 0.412 e. The molecule has 0 radical (unpaired) electrons. The maximum Gasteiger partial charge on any atom is 0.530 e. The summed E-state index contributed by atoms with van der Waals surface area (Å²) in [7, 11) is -6.93. The second-order valence-corrected chi connectivity index (χ2v) is 7.28. The molecular formula is C16H32O9P2. The molecule has 11 heteroatoms. The summed E-state index contributed by atoms with van der Waals surface area (Å²) in [5, 5.41) is 0. The summed E-state index contributed by atoms with van der Waals surface area (Å²) in [6.45, 7) is 21.5. The molecule has 0 atom stereocenters. The molecule has 0 saturated heterocycles. The average Bonchev–Trinajstić information content (AvgIpc) is 2.55. The third-order valence-corrected chi connectivity index (χ3v) is 5.28. The Kier molecular flexibility index (Phi) is 19.2. The minimum absolute atomic E-state index is 0. The molecule has 0 aromatic heterocycles. The zero-order valence-corrected chi connectivity index (χ0v) is 18.3.